The Bertz CT molecular complexity index is 1130. The molecule has 0 heterocycles. The maximum atomic E-state index is 13.2. The molecule has 3 amide bonds. The number of primary amides is 1. The first kappa shape index (κ1) is 21.6. The van der Waals surface area contributed by atoms with E-state index in [0.29, 0.717) is 11.3 Å². The maximum Gasteiger partial charge on any atom is 0.248 e. The lowest BCUT2D eigenvalue weighted by molar-refractivity contribution is -0.117. The van der Waals surface area contributed by atoms with Gasteiger partial charge in [0.25, 0.3) is 0 Å². The van der Waals surface area contributed by atoms with E-state index in [1.807, 2.05) is 54.6 Å². The highest BCUT2D eigenvalue weighted by Crippen LogP contribution is 2.37. The second kappa shape index (κ2) is 9.70. The summed E-state index contributed by atoms with van der Waals surface area (Å²) in [5, 5.41) is 5.35. The Morgan fingerprint density at radius 2 is 1.56 bits per heavy atom. The molecular weight excluding hydrogens is 422 g/mol. The summed E-state index contributed by atoms with van der Waals surface area (Å²) in [6, 6.07) is 23.5. The van der Waals surface area contributed by atoms with Crippen LogP contribution in [-0.4, -0.2) is 17.7 Å². The zero-order valence-electron chi connectivity index (χ0n) is 17.3. The van der Waals surface area contributed by atoms with Crippen LogP contribution in [0.25, 0.3) is 0 Å². The van der Waals surface area contributed by atoms with Crippen molar-refractivity contribution in [3.63, 3.8) is 0 Å². The van der Waals surface area contributed by atoms with E-state index in [1.54, 1.807) is 24.3 Å². The lowest BCUT2D eigenvalue weighted by Crippen LogP contribution is -2.19. The minimum Gasteiger partial charge on any atom is -0.366 e. The lowest BCUT2D eigenvalue weighted by Gasteiger charge is -2.18. The second-order valence-corrected chi connectivity index (χ2v) is 8.81. The van der Waals surface area contributed by atoms with Crippen molar-refractivity contribution in [3.8, 4) is 0 Å². The van der Waals surface area contributed by atoms with Crippen LogP contribution < -0.4 is 16.4 Å². The second-order valence-electron chi connectivity index (χ2n) is 7.63. The number of thioether (sulfide) groups is 1. The van der Waals surface area contributed by atoms with Crippen molar-refractivity contribution in [1.82, 2.24) is 0 Å². The SMILES string of the molecule is NC(=O)c1ccc(NC(=O)C(Sc2cccc(NC(=O)C3CC3)c2)c2ccccc2)cc1. The van der Waals surface area contributed by atoms with Crippen molar-refractivity contribution in [2.75, 3.05) is 10.6 Å². The van der Waals surface area contributed by atoms with E-state index in [4.69, 9.17) is 5.73 Å². The van der Waals surface area contributed by atoms with E-state index in [2.05, 4.69) is 10.6 Å². The molecule has 32 heavy (non-hydrogen) atoms. The number of benzene rings is 3. The van der Waals surface area contributed by atoms with Crippen molar-refractivity contribution in [1.29, 1.82) is 0 Å². The molecule has 6 nitrogen and oxygen atoms in total. The number of hydrogen-bond acceptors (Lipinski definition) is 4. The Balaban J connectivity index is 1.52. The Labute approximate surface area is 190 Å². The van der Waals surface area contributed by atoms with Crippen LogP contribution in [0.4, 0.5) is 11.4 Å². The lowest BCUT2D eigenvalue weighted by atomic mass is 10.1. The van der Waals surface area contributed by atoms with Gasteiger partial charge in [-0.3, -0.25) is 14.4 Å². The summed E-state index contributed by atoms with van der Waals surface area (Å²) in [7, 11) is 0. The topological polar surface area (TPSA) is 101 Å². The molecular formula is C25H23N3O3S. The molecule has 7 heteroatoms. The third-order valence-corrected chi connectivity index (χ3v) is 6.33. The van der Waals surface area contributed by atoms with Crippen molar-refractivity contribution in [2.24, 2.45) is 11.7 Å². The fourth-order valence-corrected chi connectivity index (χ4v) is 4.28. The van der Waals surface area contributed by atoms with E-state index in [-0.39, 0.29) is 17.7 Å². The molecule has 0 bridgehead atoms. The van der Waals surface area contributed by atoms with Crippen molar-refractivity contribution < 1.29 is 14.4 Å². The molecule has 1 aliphatic rings. The maximum absolute atomic E-state index is 13.2. The number of anilines is 2. The van der Waals surface area contributed by atoms with Gasteiger partial charge in [-0.1, -0.05) is 36.4 Å². The summed E-state index contributed by atoms with van der Waals surface area (Å²) >= 11 is 1.41. The van der Waals surface area contributed by atoms with Gasteiger partial charge in [-0.2, -0.15) is 0 Å². The predicted molar refractivity (Wildman–Crippen MR) is 126 cm³/mol. The van der Waals surface area contributed by atoms with Crippen LogP contribution in [0, 0.1) is 5.92 Å². The monoisotopic (exact) mass is 445 g/mol. The fourth-order valence-electron chi connectivity index (χ4n) is 3.20. The first-order valence-corrected chi connectivity index (χ1v) is 11.2. The largest absolute Gasteiger partial charge is 0.366 e. The number of carbonyl (C=O) groups excluding carboxylic acids is 3. The first-order valence-electron chi connectivity index (χ1n) is 10.3. The number of rotatable bonds is 8. The van der Waals surface area contributed by atoms with E-state index in [9.17, 15) is 14.4 Å². The molecule has 1 aliphatic carbocycles. The van der Waals surface area contributed by atoms with Crippen LogP contribution in [0.5, 0.6) is 0 Å². The van der Waals surface area contributed by atoms with Gasteiger partial charge in [-0.05, 0) is 60.9 Å². The van der Waals surface area contributed by atoms with Gasteiger partial charge in [-0.25, -0.2) is 0 Å². The zero-order chi connectivity index (χ0) is 22.5. The van der Waals surface area contributed by atoms with Crippen LogP contribution in [-0.2, 0) is 9.59 Å². The molecule has 1 atom stereocenters. The summed E-state index contributed by atoms with van der Waals surface area (Å²) in [5.74, 6) is -0.547. The highest BCUT2D eigenvalue weighted by molar-refractivity contribution is 8.00. The van der Waals surface area contributed by atoms with Crippen LogP contribution in [0.2, 0.25) is 0 Å². The molecule has 4 N–H and O–H groups in total. The first-order chi connectivity index (χ1) is 15.5. The standard InChI is InChI=1S/C25H23N3O3S/c26-23(29)17-11-13-19(14-12-17)27-25(31)22(16-5-2-1-3-6-16)32-21-8-4-7-20(15-21)28-24(30)18-9-10-18/h1-8,11-15,18,22H,9-10H2,(H2,26,29)(H,27,31)(H,28,30). The average molecular weight is 446 g/mol. The molecule has 0 aliphatic heterocycles. The van der Waals surface area contributed by atoms with Crippen LogP contribution in [0.15, 0.2) is 83.8 Å². The van der Waals surface area contributed by atoms with Crippen molar-refractivity contribution in [2.45, 2.75) is 23.0 Å². The van der Waals surface area contributed by atoms with Gasteiger partial charge in [-0.15, -0.1) is 11.8 Å². The summed E-state index contributed by atoms with van der Waals surface area (Å²) in [6.07, 6.45) is 1.88. The van der Waals surface area contributed by atoms with Gasteiger partial charge >= 0.3 is 0 Å². The van der Waals surface area contributed by atoms with Crippen molar-refractivity contribution >= 4 is 40.9 Å². The molecule has 0 spiro atoms. The van der Waals surface area contributed by atoms with Gasteiger partial charge in [0, 0.05) is 27.8 Å². The highest BCUT2D eigenvalue weighted by Gasteiger charge is 2.29. The highest BCUT2D eigenvalue weighted by atomic mass is 32.2. The Kier molecular flexibility index (Phi) is 6.56. The van der Waals surface area contributed by atoms with Crippen molar-refractivity contribution in [3.05, 3.63) is 90.0 Å². The van der Waals surface area contributed by atoms with Crippen LogP contribution in [0.1, 0.15) is 34.0 Å². The van der Waals surface area contributed by atoms with E-state index < -0.39 is 11.2 Å². The van der Waals surface area contributed by atoms with Crippen LogP contribution in [0.3, 0.4) is 0 Å². The predicted octanol–water partition coefficient (Wildman–Crippen LogP) is 4.61. The molecule has 1 unspecified atom stereocenters. The summed E-state index contributed by atoms with van der Waals surface area (Å²) in [4.78, 5) is 37.4. The number of hydrogen-bond donors (Lipinski definition) is 3. The minimum absolute atomic E-state index is 0.0453. The zero-order valence-corrected chi connectivity index (χ0v) is 18.1. The van der Waals surface area contributed by atoms with Gasteiger partial charge in [0.05, 0.1) is 0 Å². The molecule has 1 fully saturated rings. The summed E-state index contributed by atoms with van der Waals surface area (Å²) < 4.78 is 0. The third-order valence-electron chi connectivity index (χ3n) is 5.08. The number of amides is 3. The molecule has 4 rings (SSSR count). The third kappa shape index (κ3) is 5.56. The molecule has 0 aromatic heterocycles. The Morgan fingerprint density at radius 3 is 2.22 bits per heavy atom. The molecule has 3 aromatic carbocycles. The number of carbonyl (C=O) groups is 3. The summed E-state index contributed by atoms with van der Waals surface area (Å²) in [5.41, 5.74) is 7.82. The van der Waals surface area contributed by atoms with Crippen LogP contribution >= 0.6 is 11.8 Å². The van der Waals surface area contributed by atoms with Gasteiger partial charge in [0.2, 0.25) is 17.7 Å². The Morgan fingerprint density at radius 1 is 0.844 bits per heavy atom. The number of nitrogens with two attached hydrogens (primary N) is 1. The summed E-state index contributed by atoms with van der Waals surface area (Å²) in [6.45, 7) is 0. The quantitative estimate of drug-likeness (QED) is 0.441. The van der Waals surface area contributed by atoms with Gasteiger partial charge < -0.3 is 16.4 Å². The molecule has 162 valence electrons. The average Bonchev–Trinajstić information content (AvgIpc) is 3.64. The van der Waals surface area contributed by atoms with Gasteiger partial charge in [0.15, 0.2) is 0 Å². The molecule has 3 aromatic rings. The normalized spacial score (nSPS) is 13.8. The van der Waals surface area contributed by atoms with E-state index in [0.717, 1.165) is 29.0 Å². The smallest absolute Gasteiger partial charge is 0.248 e. The van der Waals surface area contributed by atoms with Gasteiger partial charge in [0.1, 0.15) is 5.25 Å². The molecule has 1 saturated carbocycles. The fraction of sp³-hybridized carbons (Fsp3) is 0.160. The van der Waals surface area contributed by atoms with E-state index >= 15 is 0 Å². The Hall–Kier alpha value is -3.58. The minimum atomic E-state index is -0.519. The molecule has 0 radical (unpaired) electrons. The number of nitrogens with one attached hydrogen (secondary N) is 2. The van der Waals surface area contributed by atoms with E-state index in [1.165, 1.54) is 11.8 Å². The molecule has 0 saturated heterocycles.